The van der Waals surface area contributed by atoms with Crippen molar-refractivity contribution in [2.45, 2.75) is 19.8 Å². The number of ether oxygens (including phenoxy) is 1. The van der Waals surface area contributed by atoms with E-state index in [0.29, 0.717) is 28.9 Å². The van der Waals surface area contributed by atoms with E-state index in [2.05, 4.69) is 0 Å². The fourth-order valence-corrected chi connectivity index (χ4v) is 2.33. The van der Waals surface area contributed by atoms with Gasteiger partial charge in [0.2, 0.25) is 0 Å². The molecule has 0 unspecified atom stereocenters. The third-order valence-electron chi connectivity index (χ3n) is 3.44. The first kappa shape index (κ1) is 15.0. The summed E-state index contributed by atoms with van der Waals surface area (Å²) in [5, 5.41) is 0.395. The normalized spacial score (nSPS) is 10.7. The summed E-state index contributed by atoms with van der Waals surface area (Å²) in [5.74, 6) is 0.562. The second kappa shape index (κ2) is 6.48. The molecule has 0 spiro atoms. The van der Waals surface area contributed by atoms with Crippen LogP contribution < -0.4 is 10.2 Å². The van der Waals surface area contributed by atoms with Gasteiger partial charge in [0.25, 0.3) is 0 Å². The Bertz CT molecular complexity index is 894. The highest BCUT2D eigenvalue weighted by atomic mass is 16.5. The van der Waals surface area contributed by atoms with Gasteiger partial charge in [0, 0.05) is 18.1 Å². The predicted molar refractivity (Wildman–Crippen MR) is 88.5 cm³/mol. The van der Waals surface area contributed by atoms with Crippen LogP contribution in [0.5, 0.6) is 5.75 Å². The van der Waals surface area contributed by atoms with Crippen molar-refractivity contribution in [3.8, 4) is 17.1 Å². The average molecular weight is 308 g/mol. The molecule has 0 aliphatic carbocycles. The van der Waals surface area contributed by atoms with Crippen molar-refractivity contribution in [1.82, 2.24) is 0 Å². The third-order valence-corrected chi connectivity index (χ3v) is 3.44. The molecule has 1 aromatic heterocycles. The molecule has 4 nitrogen and oxygen atoms in total. The molecule has 4 heteroatoms. The molecule has 0 saturated carbocycles. The monoisotopic (exact) mass is 308 g/mol. The fraction of sp³-hybridized carbons (Fsp3) is 0.158. The highest BCUT2D eigenvalue weighted by Gasteiger charge is 2.10. The van der Waals surface area contributed by atoms with Crippen LogP contribution in [0.2, 0.25) is 0 Å². The number of carbonyl (C=O) groups is 1. The molecule has 23 heavy (non-hydrogen) atoms. The molecule has 0 aliphatic rings. The van der Waals surface area contributed by atoms with E-state index in [4.69, 9.17) is 9.15 Å². The molecule has 2 aromatic carbocycles. The van der Waals surface area contributed by atoms with Gasteiger partial charge in [-0.2, -0.15) is 0 Å². The van der Waals surface area contributed by atoms with E-state index >= 15 is 0 Å². The summed E-state index contributed by atoms with van der Waals surface area (Å²) >= 11 is 0. The molecular weight excluding hydrogens is 292 g/mol. The Morgan fingerprint density at radius 2 is 1.87 bits per heavy atom. The van der Waals surface area contributed by atoms with E-state index in [0.717, 1.165) is 12.0 Å². The SMILES string of the molecule is CCCC(=O)Oc1ccc2oc(-c3ccccc3)cc(=O)c2c1. The van der Waals surface area contributed by atoms with E-state index in [9.17, 15) is 9.59 Å². The molecule has 116 valence electrons. The Morgan fingerprint density at radius 3 is 2.61 bits per heavy atom. The summed E-state index contributed by atoms with van der Waals surface area (Å²) in [6, 6.07) is 15.7. The van der Waals surface area contributed by atoms with Crippen LogP contribution in [0.1, 0.15) is 19.8 Å². The summed E-state index contributed by atoms with van der Waals surface area (Å²) < 4.78 is 11.0. The predicted octanol–water partition coefficient (Wildman–Crippen LogP) is 4.17. The Labute approximate surface area is 133 Å². The molecule has 0 saturated heterocycles. The standard InChI is InChI=1S/C19H16O4/c1-2-6-19(21)22-14-9-10-17-15(11-14)16(20)12-18(23-17)13-7-4-3-5-8-13/h3-5,7-12H,2,6H2,1H3. The van der Waals surface area contributed by atoms with Crippen molar-refractivity contribution in [1.29, 1.82) is 0 Å². The molecule has 0 amide bonds. The average Bonchev–Trinajstić information content (AvgIpc) is 2.56. The Balaban J connectivity index is 2.00. The first-order chi connectivity index (χ1) is 11.2. The van der Waals surface area contributed by atoms with E-state index < -0.39 is 0 Å². The zero-order valence-corrected chi connectivity index (χ0v) is 12.7. The lowest BCUT2D eigenvalue weighted by atomic mass is 10.1. The minimum atomic E-state index is -0.308. The minimum absolute atomic E-state index is 0.168. The van der Waals surface area contributed by atoms with E-state index in [1.165, 1.54) is 6.07 Å². The molecule has 0 fully saturated rings. The molecule has 0 aliphatic heterocycles. The van der Waals surface area contributed by atoms with Gasteiger partial charge in [-0.25, -0.2) is 0 Å². The summed E-state index contributed by atoms with van der Waals surface area (Å²) in [5.41, 5.74) is 1.13. The molecule has 3 aromatic rings. The van der Waals surface area contributed by atoms with Crippen molar-refractivity contribution in [3.05, 3.63) is 64.8 Å². The zero-order chi connectivity index (χ0) is 16.2. The van der Waals surface area contributed by atoms with Crippen LogP contribution in [0.25, 0.3) is 22.3 Å². The summed E-state index contributed by atoms with van der Waals surface area (Å²) in [6.07, 6.45) is 1.06. The minimum Gasteiger partial charge on any atom is -0.456 e. The van der Waals surface area contributed by atoms with Gasteiger partial charge in [-0.05, 0) is 24.6 Å². The molecule has 0 atom stereocenters. The van der Waals surface area contributed by atoms with Gasteiger partial charge in [0.15, 0.2) is 5.43 Å². The maximum Gasteiger partial charge on any atom is 0.311 e. The zero-order valence-electron chi connectivity index (χ0n) is 12.7. The number of fused-ring (bicyclic) bond motifs is 1. The van der Waals surface area contributed by atoms with Gasteiger partial charge >= 0.3 is 5.97 Å². The molecule has 0 bridgehead atoms. The van der Waals surface area contributed by atoms with Crippen LogP contribution in [-0.2, 0) is 4.79 Å². The lowest BCUT2D eigenvalue weighted by Gasteiger charge is -2.06. The van der Waals surface area contributed by atoms with Crippen molar-refractivity contribution in [2.75, 3.05) is 0 Å². The highest BCUT2D eigenvalue weighted by Crippen LogP contribution is 2.24. The molecule has 1 heterocycles. The fourth-order valence-electron chi connectivity index (χ4n) is 2.33. The largest absolute Gasteiger partial charge is 0.456 e. The summed E-state index contributed by atoms with van der Waals surface area (Å²) in [7, 11) is 0. The van der Waals surface area contributed by atoms with Crippen LogP contribution in [-0.4, -0.2) is 5.97 Å². The number of hydrogen-bond acceptors (Lipinski definition) is 4. The second-order valence-corrected chi connectivity index (χ2v) is 5.22. The van der Waals surface area contributed by atoms with Gasteiger partial charge < -0.3 is 9.15 Å². The highest BCUT2D eigenvalue weighted by molar-refractivity contribution is 5.81. The van der Waals surface area contributed by atoms with Gasteiger partial charge in [-0.3, -0.25) is 9.59 Å². The van der Waals surface area contributed by atoms with E-state index in [-0.39, 0.29) is 11.4 Å². The van der Waals surface area contributed by atoms with Crippen LogP contribution >= 0.6 is 0 Å². The first-order valence-electron chi connectivity index (χ1n) is 7.51. The third kappa shape index (κ3) is 3.31. The number of benzene rings is 2. The lowest BCUT2D eigenvalue weighted by molar-refractivity contribution is -0.134. The Hall–Kier alpha value is -2.88. The summed E-state index contributed by atoms with van der Waals surface area (Å²) in [6.45, 7) is 1.90. The van der Waals surface area contributed by atoms with Crippen LogP contribution in [0.15, 0.2) is 63.8 Å². The Morgan fingerprint density at radius 1 is 1.09 bits per heavy atom. The first-order valence-corrected chi connectivity index (χ1v) is 7.51. The number of rotatable bonds is 4. The molecule has 0 radical (unpaired) electrons. The van der Waals surface area contributed by atoms with Crippen molar-refractivity contribution < 1.29 is 13.9 Å². The number of carbonyl (C=O) groups excluding carboxylic acids is 1. The Kier molecular flexibility index (Phi) is 4.24. The maximum absolute atomic E-state index is 12.3. The molecule has 0 N–H and O–H groups in total. The number of esters is 1. The topological polar surface area (TPSA) is 56.5 Å². The van der Waals surface area contributed by atoms with Crippen molar-refractivity contribution in [3.63, 3.8) is 0 Å². The van der Waals surface area contributed by atoms with Crippen LogP contribution in [0.3, 0.4) is 0 Å². The lowest BCUT2D eigenvalue weighted by Crippen LogP contribution is -2.07. The van der Waals surface area contributed by atoms with E-state index in [1.54, 1.807) is 18.2 Å². The maximum atomic E-state index is 12.3. The molecule has 3 rings (SSSR count). The van der Waals surface area contributed by atoms with Gasteiger partial charge in [0.1, 0.15) is 17.1 Å². The quantitative estimate of drug-likeness (QED) is 0.536. The van der Waals surface area contributed by atoms with Gasteiger partial charge in [-0.1, -0.05) is 37.3 Å². The van der Waals surface area contributed by atoms with Crippen molar-refractivity contribution in [2.24, 2.45) is 0 Å². The second-order valence-electron chi connectivity index (χ2n) is 5.22. The van der Waals surface area contributed by atoms with E-state index in [1.807, 2.05) is 37.3 Å². The smallest absolute Gasteiger partial charge is 0.311 e. The molecular formula is C19H16O4. The number of hydrogen-bond donors (Lipinski definition) is 0. The van der Waals surface area contributed by atoms with Crippen LogP contribution in [0, 0.1) is 0 Å². The summed E-state index contributed by atoms with van der Waals surface area (Å²) in [4.78, 5) is 23.9. The van der Waals surface area contributed by atoms with Gasteiger partial charge in [-0.15, -0.1) is 0 Å². The van der Waals surface area contributed by atoms with Gasteiger partial charge in [0.05, 0.1) is 5.39 Å². The van der Waals surface area contributed by atoms with Crippen molar-refractivity contribution >= 4 is 16.9 Å². The van der Waals surface area contributed by atoms with Crippen LogP contribution in [0.4, 0.5) is 0 Å².